The lowest BCUT2D eigenvalue weighted by atomic mass is 10.1. The molecule has 9 heteroatoms. The second-order valence-electron chi connectivity index (χ2n) is 8.60. The fourth-order valence-corrected chi connectivity index (χ4v) is 4.51. The Balaban J connectivity index is 1.81. The quantitative estimate of drug-likeness (QED) is 0.353. The first-order valence-electron chi connectivity index (χ1n) is 11.6. The molecule has 0 amide bonds. The fourth-order valence-electron chi connectivity index (χ4n) is 4.51. The van der Waals surface area contributed by atoms with Crippen molar-refractivity contribution in [3.63, 3.8) is 0 Å². The lowest BCUT2D eigenvalue weighted by Gasteiger charge is -2.36. The molecule has 3 aromatic rings. The van der Waals surface area contributed by atoms with Crippen molar-refractivity contribution < 1.29 is 14.9 Å². The first-order valence-corrected chi connectivity index (χ1v) is 11.6. The highest BCUT2D eigenvalue weighted by Crippen LogP contribution is 2.34. The van der Waals surface area contributed by atoms with Gasteiger partial charge in [-0.25, -0.2) is 15.1 Å². The minimum absolute atomic E-state index is 0.187. The topological polar surface area (TPSA) is 107 Å². The minimum atomic E-state index is -0.617. The van der Waals surface area contributed by atoms with Gasteiger partial charge in [0.1, 0.15) is 11.6 Å². The van der Waals surface area contributed by atoms with Gasteiger partial charge < -0.3 is 19.6 Å². The molecule has 1 aliphatic heterocycles. The third-order valence-corrected chi connectivity index (χ3v) is 6.23. The summed E-state index contributed by atoms with van der Waals surface area (Å²) in [6.45, 7) is 9.70. The number of hydrogen-bond acceptors (Lipinski definition) is 7. The zero-order chi connectivity index (χ0) is 23.5. The number of benzene rings is 1. The second-order valence-corrected chi connectivity index (χ2v) is 8.60. The third kappa shape index (κ3) is 4.67. The summed E-state index contributed by atoms with van der Waals surface area (Å²) in [6, 6.07) is 5.61. The predicted molar refractivity (Wildman–Crippen MR) is 128 cm³/mol. The highest BCUT2D eigenvalue weighted by Gasteiger charge is 2.26. The van der Waals surface area contributed by atoms with Gasteiger partial charge >= 0.3 is 0 Å². The molecular formula is C24H33N5O4. The van der Waals surface area contributed by atoms with Gasteiger partial charge in [-0.3, -0.25) is 9.69 Å². The monoisotopic (exact) mass is 455 g/mol. The molecule has 0 saturated carbocycles. The number of aromatic amines is 2. The van der Waals surface area contributed by atoms with E-state index in [2.05, 4.69) is 33.7 Å². The lowest BCUT2D eigenvalue weighted by Crippen LogP contribution is -2.46. The van der Waals surface area contributed by atoms with Gasteiger partial charge in [0.25, 0.3) is 5.56 Å². The Morgan fingerprint density at radius 1 is 1.18 bits per heavy atom. The summed E-state index contributed by atoms with van der Waals surface area (Å²) in [5.41, 5.74) is 3.70. The Morgan fingerprint density at radius 2 is 1.94 bits per heavy atom. The van der Waals surface area contributed by atoms with Gasteiger partial charge in [-0.15, -0.1) is 0 Å². The molecule has 1 aromatic carbocycles. The number of fused-ring (bicyclic) bond motifs is 1. The second kappa shape index (κ2) is 10.0. The molecule has 1 atom stereocenters. The number of nitrogens with zero attached hydrogens (tertiary/aromatic N) is 3. The smallest absolute Gasteiger partial charge is 0.260 e. The number of hydrogen-bond donors (Lipinski definition) is 3. The molecule has 0 radical (unpaired) electrons. The summed E-state index contributed by atoms with van der Waals surface area (Å²) in [5.74, 6) is 1.05. The van der Waals surface area contributed by atoms with Crippen molar-refractivity contribution in [1.29, 1.82) is 0 Å². The molecule has 1 saturated heterocycles. The molecule has 1 unspecified atom stereocenters. The number of nitrogens with one attached hydrogen (secondary N) is 2. The average molecular weight is 456 g/mol. The Labute approximate surface area is 193 Å². The van der Waals surface area contributed by atoms with Crippen LogP contribution in [0.5, 0.6) is 5.75 Å². The van der Waals surface area contributed by atoms with Gasteiger partial charge in [0, 0.05) is 37.6 Å². The molecule has 4 rings (SSSR count). The Bertz CT molecular complexity index is 1160. The lowest BCUT2D eigenvalue weighted by molar-refractivity contribution is -0.319. The normalized spacial score (nSPS) is 16.4. The van der Waals surface area contributed by atoms with Crippen molar-refractivity contribution in [3.8, 4) is 17.1 Å². The Morgan fingerprint density at radius 3 is 2.61 bits per heavy atom. The highest BCUT2D eigenvalue weighted by atomic mass is 17.1. The number of ether oxygens (including phenoxy) is 1. The van der Waals surface area contributed by atoms with Crippen molar-refractivity contribution in [2.75, 3.05) is 39.8 Å². The van der Waals surface area contributed by atoms with Crippen LogP contribution in [0.1, 0.15) is 43.4 Å². The van der Waals surface area contributed by atoms with Crippen LogP contribution in [-0.4, -0.2) is 69.8 Å². The van der Waals surface area contributed by atoms with Crippen LogP contribution in [0.15, 0.2) is 23.0 Å². The van der Waals surface area contributed by atoms with E-state index in [9.17, 15) is 10.1 Å². The van der Waals surface area contributed by atoms with Gasteiger partial charge in [-0.05, 0) is 45.0 Å². The number of rotatable bonds is 8. The van der Waals surface area contributed by atoms with Gasteiger partial charge in [0.05, 0.1) is 23.1 Å². The maximum Gasteiger partial charge on any atom is 0.260 e. The molecule has 33 heavy (non-hydrogen) atoms. The first kappa shape index (κ1) is 23.4. The van der Waals surface area contributed by atoms with Crippen LogP contribution in [0, 0.1) is 6.92 Å². The van der Waals surface area contributed by atoms with E-state index in [4.69, 9.17) is 14.6 Å². The maximum atomic E-state index is 13.0. The molecule has 0 aliphatic carbocycles. The van der Waals surface area contributed by atoms with Crippen LogP contribution >= 0.6 is 0 Å². The molecule has 3 N–H and O–H groups in total. The summed E-state index contributed by atoms with van der Waals surface area (Å²) in [7, 11) is 2.08. The summed E-state index contributed by atoms with van der Waals surface area (Å²) in [5, 5.41) is 10.3. The van der Waals surface area contributed by atoms with Crippen LogP contribution in [0.2, 0.25) is 0 Å². The number of aryl methyl sites for hydroxylation is 2. The van der Waals surface area contributed by atoms with E-state index < -0.39 is 6.23 Å². The van der Waals surface area contributed by atoms with E-state index >= 15 is 0 Å². The fraction of sp³-hybridized carbons (Fsp3) is 0.500. The summed E-state index contributed by atoms with van der Waals surface area (Å²) < 4.78 is 5.86. The largest absolute Gasteiger partial charge is 0.493 e. The van der Waals surface area contributed by atoms with E-state index in [1.54, 1.807) is 0 Å². The molecular weight excluding hydrogens is 422 g/mol. The van der Waals surface area contributed by atoms with Gasteiger partial charge in [0.15, 0.2) is 6.23 Å². The van der Waals surface area contributed by atoms with E-state index in [1.165, 1.54) is 0 Å². The predicted octanol–water partition coefficient (Wildman–Crippen LogP) is 3.31. The van der Waals surface area contributed by atoms with Crippen molar-refractivity contribution in [3.05, 3.63) is 45.5 Å². The molecule has 1 aliphatic rings. The van der Waals surface area contributed by atoms with Crippen LogP contribution in [0.3, 0.4) is 0 Å². The summed E-state index contributed by atoms with van der Waals surface area (Å²) in [4.78, 5) is 33.4. The van der Waals surface area contributed by atoms with E-state index in [-0.39, 0.29) is 5.56 Å². The van der Waals surface area contributed by atoms with E-state index in [0.29, 0.717) is 34.6 Å². The van der Waals surface area contributed by atoms with Crippen molar-refractivity contribution in [2.45, 2.75) is 39.8 Å². The zero-order valence-electron chi connectivity index (χ0n) is 19.8. The highest BCUT2D eigenvalue weighted by molar-refractivity contribution is 5.85. The maximum absolute atomic E-state index is 13.0. The van der Waals surface area contributed by atoms with Crippen molar-refractivity contribution >= 4 is 10.9 Å². The molecule has 0 spiro atoms. The van der Waals surface area contributed by atoms with Crippen LogP contribution in [0.25, 0.3) is 22.3 Å². The molecule has 2 aromatic heterocycles. The van der Waals surface area contributed by atoms with Crippen LogP contribution in [0.4, 0.5) is 0 Å². The summed E-state index contributed by atoms with van der Waals surface area (Å²) in [6.07, 6.45) is 1.13. The zero-order valence-corrected chi connectivity index (χ0v) is 19.8. The summed E-state index contributed by atoms with van der Waals surface area (Å²) >= 11 is 0. The standard InChI is InChI=1S/C24H33N5O4/c1-5-7-18-21-20(15(3)25-18)23(30)27-22(26-21)17-14-16(8-9-19(17)32-6-2)24(33-31)29-12-10-28(4)11-13-29/h8-9,14,24-25,31H,5-7,10-13H2,1-4H3,(H,26,27,30). The number of piperazine rings is 1. The Hall–Kier alpha value is -2.72. The van der Waals surface area contributed by atoms with Crippen LogP contribution in [-0.2, 0) is 11.3 Å². The average Bonchev–Trinajstić information content (AvgIpc) is 3.12. The van der Waals surface area contributed by atoms with Crippen LogP contribution < -0.4 is 10.3 Å². The molecule has 3 heterocycles. The minimum Gasteiger partial charge on any atom is -0.493 e. The van der Waals surface area contributed by atoms with Gasteiger partial charge in [-0.2, -0.15) is 0 Å². The third-order valence-electron chi connectivity index (χ3n) is 6.23. The van der Waals surface area contributed by atoms with Gasteiger partial charge in [0.2, 0.25) is 0 Å². The number of aromatic nitrogens is 3. The molecule has 0 bridgehead atoms. The SMILES string of the molecule is CCCc1[nH]c(C)c2c(=O)[nH]c(-c3cc(C(OO)N4CCN(C)CC4)ccc3OCC)nc12. The first-order chi connectivity index (χ1) is 16.0. The number of H-pyrrole nitrogens is 2. The molecule has 178 valence electrons. The van der Waals surface area contributed by atoms with E-state index in [1.807, 2.05) is 32.0 Å². The number of likely N-dealkylation sites (N-methyl/N-ethyl adjacent to an activating group) is 1. The Kier molecular flexibility index (Phi) is 7.14. The van der Waals surface area contributed by atoms with Gasteiger partial charge in [-0.1, -0.05) is 19.4 Å². The molecule has 1 fully saturated rings. The van der Waals surface area contributed by atoms with Crippen molar-refractivity contribution in [1.82, 2.24) is 24.8 Å². The molecule has 9 nitrogen and oxygen atoms in total. The van der Waals surface area contributed by atoms with E-state index in [0.717, 1.165) is 56.0 Å². The van der Waals surface area contributed by atoms with Crippen molar-refractivity contribution in [2.24, 2.45) is 0 Å².